The highest BCUT2D eigenvalue weighted by atomic mass is 19.3. The van der Waals surface area contributed by atoms with Gasteiger partial charge in [-0.15, -0.1) is 0 Å². The molecule has 1 unspecified atom stereocenters. The number of hydrogen-bond donors (Lipinski definition) is 3. The summed E-state index contributed by atoms with van der Waals surface area (Å²) in [6.45, 7) is 2.12. The molecule has 0 saturated carbocycles. The Morgan fingerprint density at radius 3 is 2.51 bits per heavy atom. The van der Waals surface area contributed by atoms with Crippen molar-refractivity contribution in [3.05, 3.63) is 71.2 Å². The van der Waals surface area contributed by atoms with E-state index in [-0.39, 0.29) is 42.2 Å². The molecule has 37 heavy (non-hydrogen) atoms. The lowest BCUT2D eigenvalue weighted by Gasteiger charge is -2.17. The largest absolute Gasteiger partial charge is 0.496 e. The van der Waals surface area contributed by atoms with Crippen molar-refractivity contribution in [2.45, 2.75) is 25.4 Å². The summed E-state index contributed by atoms with van der Waals surface area (Å²) in [6.07, 6.45) is 1.29. The van der Waals surface area contributed by atoms with Crippen LogP contribution in [0.3, 0.4) is 0 Å². The Labute approximate surface area is 211 Å². The Morgan fingerprint density at radius 1 is 1.16 bits per heavy atom. The van der Waals surface area contributed by atoms with Crippen LogP contribution in [0.25, 0.3) is 11.3 Å². The maximum atomic E-state index is 14.7. The van der Waals surface area contributed by atoms with Gasteiger partial charge in [-0.1, -0.05) is 31.2 Å². The van der Waals surface area contributed by atoms with E-state index in [0.717, 1.165) is 10.7 Å². The van der Waals surface area contributed by atoms with Crippen molar-refractivity contribution in [1.82, 2.24) is 25.4 Å². The van der Waals surface area contributed by atoms with Crippen LogP contribution in [0.2, 0.25) is 0 Å². The van der Waals surface area contributed by atoms with Crippen LogP contribution in [0, 0.1) is 5.82 Å². The van der Waals surface area contributed by atoms with Gasteiger partial charge in [-0.3, -0.25) is 24.6 Å². The molecule has 0 spiro atoms. The van der Waals surface area contributed by atoms with Crippen LogP contribution >= 0.6 is 0 Å². The van der Waals surface area contributed by atoms with Crippen LogP contribution in [-0.4, -0.2) is 59.2 Å². The highest BCUT2D eigenvalue weighted by molar-refractivity contribution is 5.99. The third kappa shape index (κ3) is 5.44. The van der Waals surface area contributed by atoms with E-state index in [4.69, 9.17) is 10.6 Å². The molecule has 1 saturated heterocycles. The number of rotatable bonds is 8. The summed E-state index contributed by atoms with van der Waals surface area (Å²) in [5.74, 6) is 0.808. The summed E-state index contributed by atoms with van der Waals surface area (Å²) in [5.41, 5.74) is 3.58. The monoisotopic (exact) mass is 516 g/mol. The van der Waals surface area contributed by atoms with E-state index < -0.39 is 29.6 Å². The van der Waals surface area contributed by atoms with E-state index in [9.17, 15) is 22.8 Å². The summed E-state index contributed by atoms with van der Waals surface area (Å²) in [5, 5.41) is 7.04. The zero-order valence-electron chi connectivity index (χ0n) is 20.3. The SMILES string of the molecule is CCN1CC(n2cc(C(=O)NN)c(-c3ccc(CNC(=O)c4cc(F)ccc4OC)cc3)n2)C(F)(F)C1. The Morgan fingerprint density at radius 2 is 1.89 bits per heavy atom. The molecular weight excluding hydrogens is 489 g/mol. The number of methoxy groups -OCH3 is 1. The lowest BCUT2D eigenvalue weighted by Crippen LogP contribution is -2.31. The smallest absolute Gasteiger partial charge is 0.283 e. The second-order valence-corrected chi connectivity index (χ2v) is 8.67. The lowest BCUT2D eigenvalue weighted by molar-refractivity contribution is -0.0247. The number of nitrogen functional groups attached to an aromatic ring is 1. The summed E-state index contributed by atoms with van der Waals surface area (Å²) in [6, 6.07) is 9.15. The molecule has 2 aromatic carbocycles. The summed E-state index contributed by atoms with van der Waals surface area (Å²) in [4.78, 5) is 26.5. The first-order chi connectivity index (χ1) is 17.7. The molecule has 1 aromatic heterocycles. The van der Waals surface area contributed by atoms with E-state index >= 15 is 0 Å². The average molecular weight is 517 g/mol. The fourth-order valence-electron chi connectivity index (χ4n) is 4.29. The molecule has 1 aliphatic rings. The normalized spacial score (nSPS) is 17.0. The van der Waals surface area contributed by atoms with Gasteiger partial charge in [0.15, 0.2) is 0 Å². The van der Waals surface area contributed by atoms with Gasteiger partial charge in [0.1, 0.15) is 23.3 Å². The highest BCUT2D eigenvalue weighted by Crippen LogP contribution is 2.37. The van der Waals surface area contributed by atoms with E-state index in [2.05, 4.69) is 10.4 Å². The minimum absolute atomic E-state index is 0.0625. The molecule has 2 heterocycles. The van der Waals surface area contributed by atoms with Gasteiger partial charge in [0, 0.05) is 24.8 Å². The first kappa shape index (κ1) is 26.2. The molecule has 0 bridgehead atoms. The van der Waals surface area contributed by atoms with Crippen LogP contribution in [-0.2, 0) is 6.54 Å². The van der Waals surface area contributed by atoms with Gasteiger partial charge in [0.25, 0.3) is 17.7 Å². The number of aromatic nitrogens is 2. The van der Waals surface area contributed by atoms with Crippen molar-refractivity contribution in [3.63, 3.8) is 0 Å². The first-order valence-electron chi connectivity index (χ1n) is 11.6. The fourth-order valence-corrected chi connectivity index (χ4v) is 4.29. The number of likely N-dealkylation sites (N-methyl/N-ethyl adjacent to an activating group) is 1. The number of benzene rings is 2. The number of nitrogens with two attached hydrogens (primary N) is 1. The quantitative estimate of drug-likeness (QED) is 0.241. The number of nitrogens with zero attached hydrogens (tertiary/aromatic N) is 3. The van der Waals surface area contributed by atoms with Crippen molar-refractivity contribution in [2.24, 2.45) is 5.84 Å². The van der Waals surface area contributed by atoms with Crippen LogP contribution in [0.1, 0.15) is 39.2 Å². The molecule has 1 atom stereocenters. The van der Waals surface area contributed by atoms with Crippen LogP contribution in [0.5, 0.6) is 5.75 Å². The molecule has 4 rings (SSSR count). The molecule has 196 valence electrons. The Bertz CT molecular complexity index is 1300. The minimum atomic E-state index is -3.01. The molecule has 1 fully saturated rings. The number of likely N-dealkylation sites (tertiary alicyclic amines) is 1. The van der Waals surface area contributed by atoms with Crippen LogP contribution in [0.4, 0.5) is 13.2 Å². The number of hydrogen-bond acceptors (Lipinski definition) is 6. The van der Waals surface area contributed by atoms with Gasteiger partial charge < -0.3 is 10.1 Å². The van der Waals surface area contributed by atoms with E-state index in [1.807, 2.05) is 5.43 Å². The van der Waals surface area contributed by atoms with Gasteiger partial charge in [-0.2, -0.15) is 5.10 Å². The number of carbonyl (C=O) groups is 2. The number of alkyl halides is 2. The Kier molecular flexibility index (Phi) is 7.50. The van der Waals surface area contributed by atoms with Crippen molar-refractivity contribution in [2.75, 3.05) is 26.7 Å². The minimum Gasteiger partial charge on any atom is -0.496 e. The molecule has 4 N–H and O–H groups in total. The van der Waals surface area contributed by atoms with E-state index in [1.54, 1.807) is 36.1 Å². The van der Waals surface area contributed by atoms with E-state index in [0.29, 0.717) is 17.7 Å². The van der Waals surface area contributed by atoms with Gasteiger partial charge in [-0.05, 0) is 30.3 Å². The number of halogens is 3. The van der Waals surface area contributed by atoms with Crippen molar-refractivity contribution in [3.8, 4) is 17.0 Å². The zero-order valence-corrected chi connectivity index (χ0v) is 20.3. The molecular formula is C25H27F3N6O3. The number of nitrogens with one attached hydrogen (secondary N) is 2. The third-order valence-corrected chi connectivity index (χ3v) is 6.31. The highest BCUT2D eigenvalue weighted by Gasteiger charge is 2.49. The summed E-state index contributed by atoms with van der Waals surface area (Å²) < 4.78 is 49.2. The number of hydrazine groups is 1. The van der Waals surface area contributed by atoms with E-state index in [1.165, 1.54) is 25.4 Å². The zero-order chi connectivity index (χ0) is 26.7. The van der Waals surface area contributed by atoms with Gasteiger partial charge in [0.2, 0.25) is 0 Å². The van der Waals surface area contributed by atoms with Crippen molar-refractivity contribution >= 4 is 11.8 Å². The molecule has 12 heteroatoms. The number of amides is 2. The predicted molar refractivity (Wildman–Crippen MR) is 130 cm³/mol. The van der Waals surface area contributed by atoms with Gasteiger partial charge >= 0.3 is 0 Å². The fraction of sp³-hybridized carbons (Fsp3) is 0.320. The Balaban J connectivity index is 1.54. The number of ether oxygens (including phenoxy) is 1. The molecule has 0 radical (unpaired) electrons. The average Bonchev–Trinajstić information content (AvgIpc) is 3.47. The van der Waals surface area contributed by atoms with Gasteiger partial charge in [0.05, 0.1) is 24.8 Å². The topological polar surface area (TPSA) is 115 Å². The van der Waals surface area contributed by atoms with Crippen LogP contribution < -0.4 is 21.3 Å². The lowest BCUT2D eigenvalue weighted by atomic mass is 10.1. The Hall–Kier alpha value is -3.90. The molecule has 0 aliphatic carbocycles. The third-order valence-electron chi connectivity index (χ3n) is 6.31. The molecule has 1 aliphatic heterocycles. The van der Waals surface area contributed by atoms with Crippen molar-refractivity contribution in [1.29, 1.82) is 0 Å². The second-order valence-electron chi connectivity index (χ2n) is 8.67. The van der Waals surface area contributed by atoms with Crippen LogP contribution in [0.15, 0.2) is 48.7 Å². The molecule has 9 nitrogen and oxygen atoms in total. The maximum absolute atomic E-state index is 14.7. The summed E-state index contributed by atoms with van der Waals surface area (Å²) >= 11 is 0. The summed E-state index contributed by atoms with van der Waals surface area (Å²) in [7, 11) is 1.39. The maximum Gasteiger partial charge on any atom is 0.283 e. The predicted octanol–water partition coefficient (Wildman–Crippen LogP) is 2.74. The number of carbonyl (C=O) groups excluding carboxylic acids is 2. The second kappa shape index (κ2) is 10.6. The van der Waals surface area contributed by atoms with Crippen molar-refractivity contribution < 1.29 is 27.5 Å². The van der Waals surface area contributed by atoms with Gasteiger partial charge in [-0.25, -0.2) is 19.0 Å². The first-order valence-corrected chi connectivity index (χ1v) is 11.6. The molecule has 3 aromatic rings. The molecule has 2 amide bonds. The standard InChI is InChI=1S/C25H27F3N6O3/c1-3-33-13-21(25(27,28)14-33)34-12-19(24(36)31-29)22(32-34)16-6-4-15(5-7-16)11-30-23(35)18-10-17(26)8-9-20(18)37-2/h4-10,12,21H,3,11,13-14,29H2,1-2H3,(H,30,35)(H,31,36).